The van der Waals surface area contributed by atoms with Crippen molar-refractivity contribution in [3.8, 4) is 5.75 Å². The molecule has 4 N–H and O–H groups in total. The number of amides is 1. The molecule has 2 aliphatic rings. The number of aliphatic hydroxyl groups excluding tert-OH is 2. The summed E-state index contributed by atoms with van der Waals surface area (Å²) in [6, 6.07) is 7.28. The average Bonchev–Trinajstić information content (AvgIpc) is 2.76. The molecule has 1 aliphatic heterocycles. The van der Waals surface area contributed by atoms with Crippen molar-refractivity contribution >= 4 is 28.5 Å². The highest BCUT2D eigenvalue weighted by Crippen LogP contribution is 2.27. The summed E-state index contributed by atoms with van der Waals surface area (Å²) in [6.45, 7) is 4.92. The topological polar surface area (TPSA) is 103 Å². The number of hydrogen-bond acceptors (Lipinski definition) is 7. The highest BCUT2D eigenvalue weighted by atomic mass is 127. The van der Waals surface area contributed by atoms with Crippen molar-refractivity contribution in [3.05, 3.63) is 39.5 Å². The molecule has 30 heavy (non-hydrogen) atoms. The van der Waals surface area contributed by atoms with E-state index in [4.69, 9.17) is 14.6 Å². The van der Waals surface area contributed by atoms with Gasteiger partial charge in [-0.3, -0.25) is 9.69 Å². The van der Waals surface area contributed by atoms with E-state index in [1.165, 1.54) is 0 Å². The second-order valence-corrected chi connectivity index (χ2v) is 8.56. The number of benzene rings is 1. The molecule has 166 valence electrons. The number of ether oxygens (including phenoxy) is 2. The van der Waals surface area contributed by atoms with Crippen LogP contribution in [0.3, 0.4) is 0 Å². The Morgan fingerprint density at radius 3 is 2.77 bits per heavy atom. The first-order valence-electron chi connectivity index (χ1n) is 10.3. The van der Waals surface area contributed by atoms with Gasteiger partial charge in [-0.25, -0.2) is 0 Å². The number of halogens is 1. The minimum Gasteiger partial charge on any atom is -0.482 e. The van der Waals surface area contributed by atoms with Crippen LogP contribution in [0.15, 0.2) is 35.9 Å². The molecule has 3 rings (SSSR count). The quantitative estimate of drug-likeness (QED) is 0.336. The molecule has 1 aliphatic carbocycles. The van der Waals surface area contributed by atoms with Gasteiger partial charge in [0.2, 0.25) is 5.91 Å². The van der Waals surface area contributed by atoms with E-state index in [1.807, 2.05) is 24.3 Å². The van der Waals surface area contributed by atoms with E-state index in [-0.39, 0.29) is 25.1 Å². The Bertz CT molecular complexity index is 726. The monoisotopic (exact) mass is 531 g/mol. The number of nitrogens with zero attached hydrogens (tertiary/aromatic N) is 1. The number of nitrogens with one attached hydrogen (secondary N) is 2. The van der Waals surface area contributed by atoms with Crippen molar-refractivity contribution in [2.45, 2.75) is 24.7 Å². The minimum absolute atomic E-state index is 0.120. The second kappa shape index (κ2) is 12.0. The zero-order valence-corrected chi connectivity index (χ0v) is 19.1. The van der Waals surface area contributed by atoms with E-state index in [0.29, 0.717) is 24.3 Å². The van der Waals surface area contributed by atoms with Gasteiger partial charge in [0.05, 0.1) is 23.4 Å². The SMILES string of the molecule is O=C(NCCO)C1=C[C@H](Oc2ccccc2I)[C@@H](O)[C@H](NCCN2CCOCC2)C1. The zero-order valence-electron chi connectivity index (χ0n) is 16.9. The maximum absolute atomic E-state index is 12.5. The average molecular weight is 531 g/mol. The van der Waals surface area contributed by atoms with Crippen molar-refractivity contribution < 1.29 is 24.5 Å². The first kappa shape index (κ1) is 23.4. The summed E-state index contributed by atoms with van der Waals surface area (Å²) in [4.78, 5) is 14.8. The summed E-state index contributed by atoms with van der Waals surface area (Å²) in [5.41, 5.74) is 0.550. The lowest BCUT2D eigenvalue weighted by atomic mass is 9.89. The maximum Gasteiger partial charge on any atom is 0.247 e. The third-order valence-electron chi connectivity index (χ3n) is 5.28. The molecule has 9 heteroatoms. The third kappa shape index (κ3) is 6.63. The fourth-order valence-electron chi connectivity index (χ4n) is 3.62. The summed E-state index contributed by atoms with van der Waals surface area (Å²) in [5, 5.41) is 26.1. The van der Waals surface area contributed by atoms with Gasteiger partial charge in [0.1, 0.15) is 18.0 Å². The van der Waals surface area contributed by atoms with E-state index >= 15 is 0 Å². The number of aliphatic hydroxyl groups is 2. The largest absolute Gasteiger partial charge is 0.482 e. The Kier molecular flexibility index (Phi) is 9.34. The number of para-hydroxylation sites is 1. The first-order valence-corrected chi connectivity index (χ1v) is 11.4. The normalized spacial score (nSPS) is 24.9. The van der Waals surface area contributed by atoms with Crippen molar-refractivity contribution in [1.29, 1.82) is 0 Å². The van der Waals surface area contributed by atoms with Crippen LogP contribution in [0.25, 0.3) is 0 Å². The van der Waals surface area contributed by atoms with Crippen molar-refractivity contribution in [1.82, 2.24) is 15.5 Å². The lowest BCUT2D eigenvalue weighted by Crippen LogP contribution is -2.53. The van der Waals surface area contributed by atoms with Gasteiger partial charge in [-0.15, -0.1) is 0 Å². The summed E-state index contributed by atoms with van der Waals surface area (Å²) >= 11 is 2.19. The van der Waals surface area contributed by atoms with Gasteiger partial charge in [0.15, 0.2) is 0 Å². The van der Waals surface area contributed by atoms with Crippen molar-refractivity contribution in [2.75, 3.05) is 52.5 Å². The summed E-state index contributed by atoms with van der Waals surface area (Å²) in [6.07, 6.45) is 0.652. The Balaban J connectivity index is 1.67. The first-order chi connectivity index (χ1) is 14.6. The molecule has 3 atom stereocenters. The van der Waals surface area contributed by atoms with Crippen LogP contribution >= 0.6 is 22.6 Å². The van der Waals surface area contributed by atoms with E-state index in [0.717, 1.165) is 36.4 Å². The molecule has 8 nitrogen and oxygen atoms in total. The van der Waals surface area contributed by atoms with Crippen LogP contribution in [0.4, 0.5) is 0 Å². The summed E-state index contributed by atoms with van der Waals surface area (Å²) < 4.78 is 12.4. The van der Waals surface area contributed by atoms with Crippen LogP contribution < -0.4 is 15.4 Å². The number of carbonyl (C=O) groups is 1. The summed E-state index contributed by atoms with van der Waals surface area (Å²) in [5.74, 6) is 0.426. The van der Waals surface area contributed by atoms with Crippen molar-refractivity contribution in [2.24, 2.45) is 0 Å². The molecule has 1 saturated heterocycles. The molecule has 0 aromatic heterocycles. The predicted octanol–water partition coefficient (Wildman–Crippen LogP) is 0.128. The maximum atomic E-state index is 12.5. The molecule has 1 aromatic rings. The van der Waals surface area contributed by atoms with Gasteiger partial charge in [-0.1, -0.05) is 12.1 Å². The molecule has 1 aromatic carbocycles. The number of morpholine rings is 1. The number of rotatable bonds is 9. The van der Waals surface area contributed by atoms with Gasteiger partial charge >= 0.3 is 0 Å². The van der Waals surface area contributed by atoms with Gasteiger partial charge in [0.25, 0.3) is 0 Å². The lowest BCUT2D eigenvalue weighted by molar-refractivity contribution is -0.118. The van der Waals surface area contributed by atoms with Crippen LogP contribution in [0.5, 0.6) is 5.75 Å². The molecule has 0 saturated carbocycles. The van der Waals surface area contributed by atoms with E-state index in [1.54, 1.807) is 6.08 Å². The second-order valence-electron chi connectivity index (χ2n) is 7.39. The van der Waals surface area contributed by atoms with Gasteiger partial charge < -0.3 is 30.3 Å². The molecule has 1 heterocycles. The smallest absolute Gasteiger partial charge is 0.247 e. The van der Waals surface area contributed by atoms with E-state index in [9.17, 15) is 9.90 Å². The minimum atomic E-state index is -0.792. The Morgan fingerprint density at radius 1 is 1.27 bits per heavy atom. The zero-order chi connectivity index (χ0) is 21.3. The highest BCUT2D eigenvalue weighted by molar-refractivity contribution is 14.1. The highest BCUT2D eigenvalue weighted by Gasteiger charge is 2.35. The fourth-order valence-corrected chi connectivity index (χ4v) is 4.13. The van der Waals surface area contributed by atoms with Crippen LogP contribution in [0, 0.1) is 3.57 Å². The van der Waals surface area contributed by atoms with Crippen LogP contribution in [-0.2, 0) is 9.53 Å². The van der Waals surface area contributed by atoms with Gasteiger partial charge in [-0.05, 0) is 47.2 Å². The fraction of sp³-hybridized carbons (Fsp3) is 0.571. The number of hydrogen-bond donors (Lipinski definition) is 4. The van der Waals surface area contributed by atoms with E-state index < -0.39 is 12.2 Å². The molecular weight excluding hydrogens is 501 g/mol. The Hall–Kier alpha value is -1.24. The molecule has 0 radical (unpaired) electrons. The third-order valence-corrected chi connectivity index (χ3v) is 6.17. The lowest BCUT2D eigenvalue weighted by Gasteiger charge is -2.35. The van der Waals surface area contributed by atoms with Crippen LogP contribution in [0.2, 0.25) is 0 Å². The van der Waals surface area contributed by atoms with Crippen LogP contribution in [-0.4, -0.2) is 91.8 Å². The molecular formula is C21H30IN3O5. The van der Waals surface area contributed by atoms with Gasteiger partial charge in [0, 0.05) is 44.3 Å². The molecule has 0 unspecified atom stereocenters. The van der Waals surface area contributed by atoms with Crippen LogP contribution in [0.1, 0.15) is 6.42 Å². The standard InChI is InChI=1S/C21H30IN3O5/c22-16-3-1-2-4-18(16)30-19-14-15(21(28)24-6-10-26)13-17(20(19)27)23-5-7-25-8-11-29-12-9-25/h1-4,14,17,19-20,23,26-27H,5-13H2,(H,24,28)/t17-,19+,20+/m1/s1. The molecule has 0 bridgehead atoms. The van der Waals surface area contributed by atoms with Crippen molar-refractivity contribution in [3.63, 3.8) is 0 Å². The predicted molar refractivity (Wildman–Crippen MR) is 121 cm³/mol. The molecule has 1 amide bonds. The Morgan fingerprint density at radius 2 is 2.03 bits per heavy atom. The van der Waals surface area contributed by atoms with Gasteiger partial charge in [-0.2, -0.15) is 0 Å². The molecule has 0 spiro atoms. The summed E-state index contributed by atoms with van der Waals surface area (Å²) in [7, 11) is 0. The number of carbonyl (C=O) groups excluding carboxylic acids is 1. The van der Waals surface area contributed by atoms with E-state index in [2.05, 4.69) is 38.1 Å². The molecule has 1 fully saturated rings. The Labute approximate surface area is 190 Å².